The lowest BCUT2D eigenvalue weighted by Gasteiger charge is -2.39. The van der Waals surface area contributed by atoms with Gasteiger partial charge in [-0.1, -0.05) is 27.2 Å². The molecule has 2 atom stereocenters. The van der Waals surface area contributed by atoms with Crippen molar-refractivity contribution in [3.63, 3.8) is 0 Å². The Morgan fingerprint density at radius 3 is 2.71 bits per heavy atom. The first-order chi connectivity index (χ1) is 8.15. The highest BCUT2D eigenvalue weighted by Gasteiger charge is 2.25. The number of morpholine rings is 1. The van der Waals surface area contributed by atoms with E-state index in [1.54, 1.807) is 0 Å². The van der Waals surface area contributed by atoms with Crippen molar-refractivity contribution in [3.8, 4) is 0 Å². The summed E-state index contributed by atoms with van der Waals surface area (Å²) in [7, 11) is 0. The number of ether oxygens (including phenoxy) is 1. The number of hydrogen-bond donors (Lipinski definition) is 1. The van der Waals surface area contributed by atoms with Crippen molar-refractivity contribution in [2.75, 3.05) is 32.8 Å². The van der Waals surface area contributed by atoms with Crippen LogP contribution in [0.15, 0.2) is 0 Å². The van der Waals surface area contributed by atoms with Gasteiger partial charge in [0, 0.05) is 25.2 Å². The van der Waals surface area contributed by atoms with E-state index in [1.807, 2.05) is 0 Å². The highest BCUT2D eigenvalue weighted by atomic mass is 16.5. The maximum Gasteiger partial charge on any atom is 0.0619 e. The highest BCUT2D eigenvalue weighted by molar-refractivity contribution is 4.80. The predicted octanol–water partition coefficient (Wildman–Crippen LogP) is 2.12. The average Bonchev–Trinajstić information content (AvgIpc) is 2.28. The third kappa shape index (κ3) is 5.36. The van der Waals surface area contributed by atoms with Gasteiger partial charge in [-0.15, -0.1) is 0 Å². The molecule has 0 aromatic rings. The normalized spacial score (nSPS) is 24.2. The summed E-state index contributed by atoms with van der Waals surface area (Å²) in [6.07, 6.45) is 2.55. The van der Waals surface area contributed by atoms with Crippen molar-refractivity contribution in [1.82, 2.24) is 10.2 Å². The van der Waals surface area contributed by atoms with Gasteiger partial charge in [0.05, 0.1) is 13.2 Å². The van der Waals surface area contributed by atoms with Crippen molar-refractivity contribution < 1.29 is 4.74 Å². The summed E-state index contributed by atoms with van der Waals surface area (Å²) in [5, 5.41) is 3.61. The summed E-state index contributed by atoms with van der Waals surface area (Å²) in [5.41, 5.74) is 0. The van der Waals surface area contributed by atoms with E-state index in [9.17, 15) is 0 Å². The molecule has 2 unspecified atom stereocenters. The molecule has 102 valence electrons. The second kappa shape index (κ2) is 8.06. The minimum atomic E-state index is 0.571. The van der Waals surface area contributed by atoms with Crippen molar-refractivity contribution in [2.45, 2.75) is 52.6 Å². The van der Waals surface area contributed by atoms with E-state index in [4.69, 9.17) is 4.74 Å². The topological polar surface area (TPSA) is 24.5 Å². The third-order valence-electron chi connectivity index (χ3n) is 3.44. The summed E-state index contributed by atoms with van der Waals surface area (Å²) in [5.74, 6) is 0.736. The maximum absolute atomic E-state index is 5.52. The van der Waals surface area contributed by atoms with Crippen molar-refractivity contribution in [3.05, 3.63) is 0 Å². The lowest BCUT2D eigenvalue weighted by molar-refractivity contribution is -0.0235. The largest absolute Gasteiger partial charge is 0.379 e. The molecule has 17 heavy (non-hydrogen) atoms. The van der Waals surface area contributed by atoms with Crippen molar-refractivity contribution in [2.24, 2.45) is 5.92 Å². The molecule has 1 aliphatic heterocycles. The molecule has 0 aromatic carbocycles. The second-order valence-electron chi connectivity index (χ2n) is 5.66. The van der Waals surface area contributed by atoms with E-state index in [0.717, 1.165) is 38.8 Å². The molecule has 0 bridgehead atoms. The Hall–Kier alpha value is -0.120. The van der Waals surface area contributed by atoms with E-state index in [2.05, 4.69) is 37.9 Å². The minimum Gasteiger partial charge on any atom is -0.379 e. The van der Waals surface area contributed by atoms with Crippen LogP contribution in [-0.2, 0) is 4.74 Å². The number of nitrogens with one attached hydrogen (secondary N) is 1. The Kier molecular flexibility index (Phi) is 7.09. The lowest BCUT2D eigenvalue weighted by atomic mass is 10.1. The Labute approximate surface area is 107 Å². The molecule has 1 saturated heterocycles. The molecule has 1 N–H and O–H groups in total. The monoisotopic (exact) mass is 242 g/mol. The second-order valence-corrected chi connectivity index (χ2v) is 5.66. The fourth-order valence-electron chi connectivity index (χ4n) is 2.54. The van der Waals surface area contributed by atoms with Gasteiger partial charge in [-0.2, -0.15) is 0 Å². The molecule has 0 aromatic heterocycles. The van der Waals surface area contributed by atoms with Crippen LogP contribution in [0.1, 0.15) is 40.5 Å². The quantitative estimate of drug-likeness (QED) is 0.740. The molecule has 3 nitrogen and oxygen atoms in total. The Morgan fingerprint density at radius 1 is 1.35 bits per heavy atom. The summed E-state index contributed by atoms with van der Waals surface area (Å²) in [4.78, 5) is 2.63. The molecule has 1 heterocycles. The lowest BCUT2D eigenvalue weighted by Crippen LogP contribution is -2.52. The molecule has 0 radical (unpaired) electrons. The van der Waals surface area contributed by atoms with Crippen molar-refractivity contribution in [1.29, 1.82) is 0 Å². The van der Waals surface area contributed by atoms with E-state index in [0.29, 0.717) is 12.1 Å². The first-order valence-corrected chi connectivity index (χ1v) is 7.19. The zero-order chi connectivity index (χ0) is 12.7. The Balaban J connectivity index is 2.39. The first kappa shape index (κ1) is 14.9. The van der Waals surface area contributed by atoms with Gasteiger partial charge >= 0.3 is 0 Å². The van der Waals surface area contributed by atoms with Gasteiger partial charge in [0.2, 0.25) is 0 Å². The van der Waals surface area contributed by atoms with Crippen LogP contribution < -0.4 is 5.32 Å². The van der Waals surface area contributed by atoms with Gasteiger partial charge in [-0.3, -0.25) is 4.90 Å². The van der Waals surface area contributed by atoms with E-state index in [1.165, 1.54) is 12.8 Å². The summed E-state index contributed by atoms with van der Waals surface area (Å²) < 4.78 is 5.52. The van der Waals surface area contributed by atoms with E-state index < -0.39 is 0 Å². The van der Waals surface area contributed by atoms with Gasteiger partial charge in [0.25, 0.3) is 0 Å². The van der Waals surface area contributed by atoms with E-state index >= 15 is 0 Å². The van der Waals surface area contributed by atoms with Crippen LogP contribution in [0.2, 0.25) is 0 Å². The van der Waals surface area contributed by atoms with Gasteiger partial charge in [-0.25, -0.2) is 0 Å². The number of rotatable bonds is 7. The zero-order valence-corrected chi connectivity index (χ0v) is 12.0. The molecular formula is C14H30N2O. The average molecular weight is 242 g/mol. The van der Waals surface area contributed by atoms with Gasteiger partial charge in [0.15, 0.2) is 0 Å². The Morgan fingerprint density at radius 2 is 2.12 bits per heavy atom. The first-order valence-electron chi connectivity index (χ1n) is 7.19. The number of hydrogen-bond acceptors (Lipinski definition) is 3. The molecule has 3 heteroatoms. The van der Waals surface area contributed by atoms with Crippen molar-refractivity contribution >= 4 is 0 Å². The summed E-state index contributed by atoms with van der Waals surface area (Å²) >= 11 is 0. The molecule has 0 saturated carbocycles. The van der Waals surface area contributed by atoms with Gasteiger partial charge in [-0.05, 0) is 25.8 Å². The van der Waals surface area contributed by atoms with Gasteiger partial charge < -0.3 is 10.1 Å². The molecule has 1 fully saturated rings. The standard InChI is InChI=1S/C14H30N2O/c1-5-6-14(10-15-9-12(2)3)16-7-8-17-11-13(16)4/h12-15H,5-11H2,1-4H3. The number of nitrogens with zero attached hydrogens (tertiary/aromatic N) is 1. The van der Waals surface area contributed by atoms with Crippen LogP contribution in [-0.4, -0.2) is 49.8 Å². The van der Waals surface area contributed by atoms with Crippen LogP contribution in [0.25, 0.3) is 0 Å². The van der Waals surface area contributed by atoms with Crippen LogP contribution in [0.4, 0.5) is 0 Å². The smallest absolute Gasteiger partial charge is 0.0619 e. The third-order valence-corrected chi connectivity index (χ3v) is 3.44. The highest BCUT2D eigenvalue weighted by Crippen LogP contribution is 2.14. The van der Waals surface area contributed by atoms with Crippen LogP contribution >= 0.6 is 0 Å². The molecule has 0 amide bonds. The molecule has 1 aliphatic rings. The predicted molar refractivity (Wildman–Crippen MR) is 73.4 cm³/mol. The van der Waals surface area contributed by atoms with Crippen LogP contribution in [0.3, 0.4) is 0 Å². The molecule has 0 aliphatic carbocycles. The Bertz CT molecular complexity index is 197. The molecule has 0 spiro atoms. The minimum absolute atomic E-state index is 0.571. The molecular weight excluding hydrogens is 212 g/mol. The fourth-order valence-corrected chi connectivity index (χ4v) is 2.54. The summed E-state index contributed by atoms with van der Waals surface area (Å²) in [6.45, 7) is 14.2. The zero-order valence-electron chi connectivity index (χ0n) is 12.0. The summed E-state index contributed by atoms with van der Waals surface area (Å²) in [6, 6.07) is 1.25. The van der Waals surface area contributed by atoms with Crippen LogP contribution in [0, 0.1) is 5.92 Å². The molecule has 1 rings (SSSR count). The van der Waals surface area contributed by atoms with E-state index in [-0.39, 0.29) is 0 Å². The van der Waals surface area contributed by atoms with Crippen LogP contribution in [0.5, 0.6) is 0 Å². The maximum atomic E-state index is 5.52. The van der Waals surface area contributed by atoms with Gasteiger partial charge in [0.1, 0.15) is 0 Å². The fraction of sp³-hybridized carbons (Fsp3) is 1.00. The SMILES string of the molecule is CCCC(CNCC(C)C)N1CCOCC1C.